The molecular weight excluding hydrogens is 318 g/mol. The Bertz CT molecular complexity index is 549. The minimum absolute atomic E-state index is 0.157. The Kier molecular flexibility index (Phi) is 6.16. The molecule has 7 heteroatoms. The highest BCUT2D eigenvalue weighted by atomic mass is 32.2. The van der Waals surface area contributed by atoms with Gasteiger partial charge in [-0.25, -0.2) is 0 Å². The number of carbonyl (C=O) groups is 2. The van der Waals surface area contributed by atoms with E-state index in [1.165, 1.54) is 11.3 Å². The van der Waals surface area contributed by atoms with Crippen LogP contribution in [0.1, 0.15) is 22.5 Å². The molecule has 0 N–H and O–H groups in total. The third kappa shape index (κ3) is 4.18. The lowest BCUT2D eigenvalue weighted by Crippen LogP contribution is -2.39. The van der Waals surface area contributed by atoms with Crippen LogP contribution in [-0.4, -0.2) is 61.8 Å². The van der Waals surface area contributed by atoms with Gasteiger partial charge in [0.15, 0.2) is 6.29 Å². The van der Waals surface area contributed by atoms with Gasteiger partial charge in [-0.05, 0) is 38.7 Å². The standard InChI is InChI=1S/C15H21N3O2S2/c1-16-14-13(8-12(9-19)22-14)21-10-18-6-4-11(5-7-18)15(20)17(2)3/h8-9,11H,1,4-7,10H2,2-3H3. The van der Waals surface area contributed by atoms with Crippen LogP contribution in [0, 0.1) is 5.92 Å². The summed E-state index contributed by atoms with van der Waals surface area (Å²) in [7, 11) is 3.63. The van der Waals surface area contributed by atoms with Gasteiger partial charge in [0.25, 0.3) is 0 Å². The first-order valence-corrected chi connectivity index (χ1v) is 8.97. The van der Waals surface area contributed by atoms with E-state index in [0.29, 0.717) is 4.88 Å². The molecule has 1 aromatic rings. The van der Waals surface area contributed by atoms with Crippen LogP contribution in [0.2, 0.25) is 0 Å². The van der Waals surface area contributed by atoms with Gasteiger partial charge in [0.1, 0.15) is 5.00 Å². The number of carbonyl (C=O) groups excluding carboxylic acids is 2. The minimum atomic E-state index is 0.157. The van der Waals surface area contributed by atoms with Gasteiger partial charge >= 0.3 is 0 Å². The topological polar surface area (TPSA) is 53.0 Å². The van der Waals surface area contributed by atoms with Crippen molar-refractivity contribution in [2.45, 2.75) is 17.7 Å². The highest BCUT2D eigenvalue weighted by Crippen LogP contribution is 2.37. The van der Waals surface area contributed by atoms with Crippen LogP contribution in [0.3, 0.4) is 0 Å². The largest absolute Gasteiger partial charge is 0.349 e. The van der Waals surface area contributed by atoms with Crippen molar-refractivity contribution in [3.8, 4) is 0 Å². The molecule has 22 heavy (non-hydrogen) atoms. The van der Waals surface area contributed by atoms with Crippen LogP contribution in [0.5, 0.6) is 0 Å². The minimum Gasteiger partial charge on any atom is -0.349 e. The van der Waals surface area contributed by atoms with Crippen LogP contribution in [-0.2, 0) is 4.79 Å². The SMILES string of the molecule is C=Nc1sc(C=O)cc1SCN1CCC(C(=O)N(C)C)CC1. The highest BCUT2D eigenvalue weighted by molar-refractivity contribution is 7.99. The molecule has 1 fully saturated rings. The van der Waals surface area contributed by atoms with Crippen molar-refractivity contribution >= 4 is 47.0 Å². The summed E-state index contributed by atoms with van der Waals surface area (Å²) in [5, 5.41) is 0.810. The second-order valence-corrected chi connectivity index (χ2v) is 7.54. The summed E-state index contributed by atoms with van der Waals surface area (Å²) in [4.78, 5) is 32.5. The molecule has 0 aromatic carbocycles. The number of amides is 1. The maximum Gasteiger partial charge on any atom is 0.225 e. The first-order chi connectivity index (χ1) is 10.5. The number of likely N-dealkylation sites (tertiary alicyclic amines) is 1. The van der Waals surface area contributed by atoms with E-state index in [1.54, 1.807) is 16.7 Å². The van der Waals surface area contributed by atoms with Crippen molar-refractivity contribution in [3.05, 3.63) is 10.9 Å². The summed E-state index contributed by atoms with van der Waals surface area (Å²) in [6.45, 7) is 5.41. The fraction of sp³-hybridized carbons (Fsp3) is 0.533. The molecule has 0 unspecified atom stereocenters. The molecule has 1 aromatic heterocycles. The Hall–Kier alpha value is -1.18. The number of thiophene rings is 1. The van der Waals surface area contributed by atoms with E-state index in [4.69, 9.17) is 0 Å². The van der Waals surface area contributed by atoms with Gasteiger partial charge in [-0.1, -0.05) is 0 Å². The van der Waals surface area contributed by atoms with Gasteiger partial charge in [0.05, 0.1) is 4.88 Å². The molecule has 0 radical (unpaired) electrons. The smallest absolute Gasteiger partial charge is 0.225 e. The zero-order chi connectivity index (χ0) is 16.1. The molecule has 0 atom stereocenters. The summed E-state index contributed by atoms with van der Waals surface area (Å²) in [6.07, 6.45) is 2.67. The lowest BCUT2D eigenvalue weighted by molar-refractivity contribution is -0.134. The quantitative estimate of drug-likeness (QED) is 0.454. The summed E-state index contributed by atoms with van der Waals surface area (Å²) in [5.41, 5.74) is 0. The Morgan fingerprint density at radius 2 is 2.23 bits per heavy atom. The predicted octanol–water partition coefficient (Wildman–Crippen LogP) is 2.74. The van der Waals surface area contributed by atoms with E-state index in [2.05, 4.69) is 16.6 Å². The molecular formula is C15H21N3O2S2. The predicted molar refractivity (Wildman–Crippen MR) is 92.6 cm³/mol. The molecule has 1 aliphatic heterocycles. The summed E-state index contributed by atoms with van der Waals surface area (Å²) in [6, 6.07) is 1.87. The van der Waals surface area contributed by atoms with Gasteiger partial charge in [-0.2, -0.15) is 0 Å². The fourth-order valence-corrected chi connectivity index (χ4v) is 4.52. The molecule has 0 saturated carbocycles. The van der Waals surface area contributed by atoms with Crippen molar-refractivity contribution in [1.29, 1.82) is 0 Å². The Morgan fingerprint density at radius 3 is 2.77 bits per heavy atom. The van der Waals surface area contributed by atoms with E-state index < -0.39 is 0 Å². The van der Waals surface area contributed by atoms with Crippen molar-refractivity contribution in [2.24, 2.45) is 10.9 Å². The van der Waals surface area contributed by atoms with Crippen LogP contribution < -0.4 is 0 Å². The maximum atomic E-state index is 12.0. The van der Waals surface area contributed by atoms with Crippen LogP contribution >= 0.6 is 23.1 Å². The van der Waals surface area contributed by atoms with Crippen molar-refractivity contribution < 1.29 is 9.59 Å². The van der Waals surface area contributed by atoms with Gasteiger partial charge in [0, 0.05) is 30.8 Å². The third-order valence-corrected chi connectivity index (χ3v) is 5.98. The second-order valence-electron chi connectivity index (χ2n) is 5.49. The number of piperidine rings is 1. The van der Waals surface area contributed by atoms with E-state index in [-0.39, 0.29) is 11.8 Å². The van der Waals surface area contributed by atoms with Crippen molar-refractivity contribution in [2.75, 3.05) is 33.1 Å². The van der Waals surface area contributed by atoms with Gasteiger partial charge in [-0.15, -0.1) is 23.1 Å². The summed E-state index contributed by atoms with van der Waals surface area (Å²) >= 11 is 3.05. The van der Waals surface area contributed by atoms with E-state index in [9.17, 15) is 9.59 Å². The zero-order valence-corrected chi connectivity index (χ0v) is 14.6. The van der Waals surface area contributed by atoms with E-state index >= 15 is 0 Å². The number of hydrogen-bond acceptors (Lipinski definition) is 6. The van der Waals surface area contributed by atoms with Gasteiger partial charge < -0.3 is 4.90 Å². The number of thioether (sulfide) groups is 1. The molecule has 0 spiro atoms. The average Bonchev–Trinajstić information content (AvgIpc) is 2.95. The van der Waals surface area contributed by atoms with Crippen molar-refractivity contribution in [3.63, 3.8) is 0 Å². The molecule has 0 aliphatic carbocycles. The Balaban J connectivity index is 1.84. The summed E-state index contributed by atoms with van der Waals surface area (Å²) < 4.78 is 0. The Labute approximate surface area is 139 Å². The molecule has 120 valence electrons. The first kappa shape index (κ1) is 17.2. The van der Waals surface area contributed by atoms with Gasteiger partial charge in [0.2, 0.25) is 5.91 Å². The number of aliphatic imine (C=N–C) groups is 1. The Morgan fingerprint density at radius 1 is 1.55 bits per heavy atom. The zero-order valence-electron chi connectivity index (χ0n) is 12.9. The average molecular weight is 339 g/mol. The maximum absolute atomic E-state index is 12.0. The summed E-state index contributed by atoms with van der Waals surface area (Å²) in [5.74, 6) is 1.24. The number of aldehydes is 1. The molecule has 1 amide bonds. The lowest BCUT2D eigenvalue weighted by atomic mass is 9.96. The highest BCUT2D eigenvalue weighted by Gasteiger charge is 2.26. The van der Waals surface area contributed by atoms with Crippen LogP contribution in [0.25, 0.3) is 0 Å². The van der Waals surface area contributed by atoms with Crippen LogP contribution in [0.15, 0.2) is 16.0 Å². The number of hydrogen-bond donors (Lipinski definition) is 0. The third-order valence-electron chi connectivity index (χ3n) is 3.74. The fourth-order valence-electron chi connectivity index (χ4n) is 2.49. The molecule has 2 rings (SSSR count). The number of rotatable bonds is 6. The number of nitrogens with zero attached hydrogens (tertiary/aromatic N) is 3. The van der Waals surface area contributed by atoms with Crippen LogP contribution in [0.4, 0.5) is 5.00 Å². The molecule has 1 aliphatic rings. The first-order valence-electron chi connectivity index (χ1n) is 7.17. The molecule has 5 nitrogen and oxygen atoms in total. The van der Waals surface area contributed by atoms with Crippen molar-refractivity contribution in [1.82, 2.24) is 9.80 Å². The van der Waals surface area contributed by atoms with E-state index in [0.717, 1.165) is 48.0 Å². The molecule has 0 bridgehead atoms. The normalized spacial score (nSPS) is 16.5. The molecule has 2 heterocycles. The monoisotopic (exact) mass is 339 g/mol. The van der Waals surface area contributed by atoms with E-state index in [1.807, 2.05) is 20.2 Å². The van der Waals surface area contributed by atoms with Gasteiger partial charge in [-0.3, -0.25) is 19.5 Å². The molecule has 1 saturated heterocycles. The second kappa shape index (κ2) is 7.89. The lowest BCUT2D eigenvalue weighted by Gasteiger charge is -2.32.